The number of hydrogen-bond donors (Lipinski definition) is 1. The van der Waals surface area contributed by atoms with Crippen molar-refractivity contribution in [2.75, 3.05) is 12.8 Å². The SMILES string of the molecule is CC(C)(c1ccccc1Cl)c1nc(C2CCCN2C(=O)O)cn1-c1ccc(-c2cccc(S(C)(=O)=O)c2)cc1. The molecule has 1 saturated heterocycles. The number of carboxylic acid groups (broad SMARTS) is 1. The third kappa shape index (κ3) is 5.18. The summed E-state index contributed by atoms with van der Waals surface area (Å²) in [6, 6.07) is 22.1. The number of hydrogen-bond acceptors (Lipinski definition) is 4. The largest absolute Gasteiger partial charge is 0.465 e. The van der Waals surface area contributed by atoms with E-state index in [4.69, 9.17) is 16.6 Å². The summed E-state index contributed by atoms with van der Waals surface area (Å²) in [4.78, 5) is 18.7. The third-order valence-electron chi connectivity index (χ3n) is 7.41. The number of aromatic nitrogens is 2. The Balaban J connectivity index is 1.61. The highest BCUT2D eigenvalue weighted by molar-refractivity contribution is 7.90. The zero-order valence-corrected chi connectivity index (χ0v) is 23.6. The van der Waals surface area contributed by atoms with E-state index in [1.54, 1.807) is 18.2 Å². The Morgan fingerprint density at radius 3 is 2.41 bits per heavy atom. The fourth-order valence-electron chi connectivity index (χ4n) is 5.31. The van der Waals surface area contributed by atoms with Crippen LogP contribution in [0.3, 0.4) is 0 Å². The number of halogens is 1. The molecule has 1 atom stereocenters. The van der Waals surface area contributed by atoms with Gasteiger partial charge in [0.25, 0.3) is 0 Å². The van der Waals surface area contributed by atoms with Gasteiger partial charge in [0, 0.05) is 35.1 Å². The molecule has 1 N–H and O–H groups in total. The van der Waals surface area contributed by atoms with Crippen LogP contribution in [0.25, 0.3) is 16.8 Å². The second-order valence-electron chi connectivity index (χ2n) is 10.4. The molecule has 39 heavy (non-hydrogen) atoms. The van der Waals surface area contributed by atoms with Crippen LogP contribution >= 0.6 is 11.6 Å². The molecule has 0 aliphatic carbocycles. The molecule has 1 aromatic heterocycles. The normalized spacial score (nSPS) is 16.0. The molecule has 202 valence electrons. The van der Waals surface area contributed by atoms with Crippen LogP contribution in [0, 0.1) is 0 Å². The summed E-state index contributed by atoms with van der Waals surface area (Å²) in [7, 11) is -3.32. The van der Waals surface area contributed by atoms with Gasteiger partial charge >= 0.3 is 6.09 Å². The van der Waals surface area contributed by atoms with Gasteiger partial charge < -0.3 is 9.67 Å². The molecule has 1 amide bonds. The van der Waals surface area contributed by atoms with Crippen molar-refractivity contribution in [1.29, 1.82) is 0 Å². The lowest BCUT2D eigenvalue weighted by atomic mass is 9.83. The number of imidazole rings is 1. The first-order valence-corrected chi connectivity index (χ1v) is 15.0. The lowest BCUT2D eigenvalue weighted by molar-refractivity contribution is 0.139. The summed E-state index contributed by atoms with van der Waals surface area (Å²) in [5.74, 6) is 0.745. The van der Waals surface area contributed by atoms with Gasteiger partial charge in [0.1, 0.15) is 5.82 Å². The van der Waals surface area contributed by atoms with Gasteiger partial charge in [-0.25, -0.2) is 18.2 Å². The summed E-state index contributed by atoms with van der Waals surface area (Å²) in [5, 5.41) is 10.4. The molecule has 0 radical (unpaired) electrons. The molecule has 7 nitrogen and oxygen atoms in total. The molecule has 5 rings (SSSR count). The van der Waals surface area contributed by atoms with E-state index in [-0.39, 0.29) is 10.9 Å². The Morgan fingerprint density at radius 2 is 1.74 bits per heavy atom. The lowest BCUT2D eigenvalue weighted by Gasteiger charge is -2.27. The van der Waals surface area contributed by atoms with E-state index in [9.17, 15) is 18.3 Å². The van der Waals surface area contributed by atoms with Crippen LogP contribution in [0.2, 0.25) is 5.02 Å². The Bertz CT molecular complexity index is 1640. The van der Waals surface area contributed by atoms with E-state index in [1.165, 1.54) is 11.2 Å². The first-order valence-electron chi connectivity index (χ1n) is 12.7. The van der Waals surface area contributed by atoms with Crippen molar-refractivity contribution in [3.63, 3.8) is 0 Å². The minimum Gasteiger partial charge on any atom is -0.465 e. The highest BCUT2D eigenvalue weighted by Gasteiger charge is 2.36. The van der Waals surface area contributed by atoms with Gasteiger partial charge in [0.2, 0.25) is 0 Å². The topological polar surface area (TPSA) is 92.5 Å². The maximum atomic E-state index is 12.0. The molecule has 1 aliphatic rings. The molecule has 3 aromatic carbocycles. The molecule has 1 unspecified atom stereocenters. The maximum Gasteiger partial charge on any atom is 0.407 e. The van der Waals surface area contributed by atoms with Gasteiger partial charge in [0.15, 0.2) is 9.84 Å². The molecule has 0 bridgehead atoms. The summed E-state index contributed by atoms with van der Waals surface area (Å²) in [6.07, 6.45) is 3.68. The van der Waals surface area contributed by atoms with Crippen LogP contribution in [0.15, 0.2) is 83.9 Å². The van der Waals surface area contributed by atoms with Crippen LogP contribution < -0.4 is 0 Å². The van der Waals surface area contributed by atoms with Gasteiger partial charge in [-0.3, -0.25) is 4.90 Å². The summed E-state index contributed by atoms with van der Waals surface area (Å²) in [6.45, 7) is 4.61. The predicted molar refractivity (Wildman–Crippen MR) is 152 cm³/mol. The summed E-state index contributed by atoms with van der Waals surface area (Å²) < 4.78 is 26.1. The molecular formula is C30H30ClN3O4S. The van der Waals surface area contributed by atoms with Gasteiger partial charge in [0.05, 0.1) is 16.6 Å². The minimum atomic E-state index is -3.32. The van der Waals surface area contributed by atoms with Crippen LogP contribution in [0.1, 0.15) is 49.8 Å². The average Bonchev–Trinajstić information content (AvgIpc) is 3.57. The standard InChI is InChI=1S/C30H30ClN3O4S/c1-30(2,24-10-4-5-11-25(24)31)28-32-26(27-12-7-17-33(27)29(35)36)19-34(28)22-15-13-20(14-16-22)21-8-6-9-23(18-21)39(3,37)38/h4-6,8-11,13-16,18-19,27H,7,12,17H2,1-3H3,(H,35,36). The Labute approximate surface area is 233 Å². The average molecular weight is 564 g/mol. The zero-order valence-electron chi connectivity index (χ0n) is 22.0. The van der Waals surface area contributed by atoms with E-state index < -0.39 is 21.3 Å². The third-order valence-corrected chi connectivity index (χ3v) is 8.85. The smallest absolute Gasteiger partial charge is 0.407 e. The molecule has 1 fully saturated rings. The monoisotopic (exact) mass is 563 g/mol. The van der Waals surface area contributed by atoms with Crippen molar-refractivity contribution < 1.29 is 18.3 Å². The van der Waals surface area contributed by atoms with Crippen LogP contribution in [0.4, 0.5) is 4.79 Å². The molecule has 9 heteroatoms. The van der Waals surface area contributed by atoms with E-state index in [0.29, 0.717) is 23.7 Å². The van der Waals surface area contributed by atoms with Crippen LogP contribution in [-0.2, 0) is 15.3 Å². The van der Waals surface area contributed by atoms with E-state index in [1.807, 2.05) is 65.4 Å². The molecular weight excluding hydrogens is 534 g/mol. The molecule has 2 heterocycles. The number of nitrogens with zero attached hydrogens (tertiary/aromatic N) is 3. The molecule has 4 aromatic rings. The van der Waals surface area contributed by atoms with Gasteiger partial charge in [-0.2, -0.15) is 0 Å². The van der Waals surface area contributed by atoms with Crippen molar-refractivity contribution in [3.05, 3.63) is 101 Å². The minimum absolute atomic E-state index is 0.270. The zero-order chi connectivity index (χ0) is 27.9. The fourth-order valence-corrected chi connectivity index (χ4v) is 6.35. The van der Waals surface area contributed by atoms with Crippen molar-refractivity contribution in [1.82, 2.24) is 14.5 Å². The molecule has 0 saturated carbocycles. The van der Waals surface area contributed by atoms with Gasteiger partial charge in [-0.1, -0.05) is 54.1 Å². The second kappa shape index (κ2) is 10.2. The first-order chi connectivity index (χ1) is 18.5. The molecule has 0 spiro atoms. The van der Waals surface area contributed by atoms with Gasteiger partial charge in [-0.05, 0) is 73.7 Å². The summed E-state index contributed by atoms with van der Waals surface area (Å²) >= 11 is 6.62. The number of rotatable bonds is 6. The van der Waals surface area contributed by atoms with E-state index >= 15 is 0 Å². The predicted octanol–water partition coefficient (Wildman–Crippen LogP) is 6.74. The number of sulfone groups is 1. The highest BCUT2D eigenvalue weighted by atomic mass is 35.5. The van der Waals surface area contributed by atoms with Gasteiger partial charge in [-0.15, -0.1) is 0 Å². The number of benzene rings is 3. The van der Waals surface area contributed by atoms with E-state index in [2.05, 4.69) is 13.8 Å². The van der Waals surface area contributed by atoms with Crippen molar-refractivity contribution in [3.8, 4) is 16.8 Å². The van der Waals surface area contributed by atoms with Crippen LogP contribution in [-0.4, -0.2) is 46.9 Å². The first kappa shape index (κ1) is 27.0. The van der Waals surface area contributed by atoms with Crippen molar-refractivity contribution >= 4 is 27.5 Å². The Hall–Kier alpha value is -3.62. The number of likely N-dealkylation sites (tertiary alicyclic amines) is 1. The number of carbonyl (C=O) groups is 1. The Morgan fingerprint density at radius 1 is 1.03 bits per heavy atom. The second-order valence-corrected chi connectivity index (χ2v) is 12.9. The summed E-state index contributed by atoms with van der Waals surface area (Å²) in [5.41, 5.74) is 3.56. The fraction of sp³-hybridized carbons (Fsp3) is 0.267. The van der Waals surface area contributed by atoms with Crippen molar-refractivity contribution in [2.24, 2.45) is 0 Å². The maximum absolute atomic E-state index is 12.0. The highest BCUT2D eigenvalue weighted by Crippen LogP contribution is 2.39. The lowest BCUT2D eigenvalue weighted by Crippen LogP contribution is -2.29. The number of amides is 1. The quantitative estimate of drug-likeness (QED) is 0.280. The van der Waals surface area contributed by atoms with Crippen molar-refractivity contribution in [2.45, 2.75) is 43.0 Å². The Kier molecular flexibility index (Phi) is 7.03. The van der Waals surface area contributed by atoms with E-state index in [0.717, 1.165) is 34.6 Å². The molecule has 1 aliphatic heterocycles. The van der Waals surface area contributed by atoms with Crippen LogP contribution in [0.5, 0.6) is 0 Å².